The number of hydrogen-bond acceptors (Lipinski definition) is 6. The van der Waals surface area contributed by atoms with Crippen LogP contribution in [0.2, 0.25) is 0 Å². The van der Waals surface area contributed by atoms with E-state index < -0.39 is 11.9 Å². The molecule has 0 unspecified atom stereocenters. The first kappa shape index (κ1) is 20.8. The molecule has 1 N–H and O–H groups in total. The van der Waals surface area contributed by atoms with Crippen molar-refractivity contribution in [3.63, 3.8) is 0 Å². The number of nitrogens with one attached hydrogen (secondary N) is 1. The predicted octanol–water partition coefficient (Wildman–Crippen LogP) is 3.10. The van der Waals surface area contributed by atoms with Crippen molar-refractivity contribution in [2.45, 2.75) is 44.1 Å². The molecule has 0 spiro atoms. The average Bonchev–Trinajstić information content (AvgIpc) is 2.71. The lowest BCUT2D eigenvalue weighted by Crippen LogP contribution is -2.59. The zero-order valence-corrected chi connectivity index (χ0v) is 17.9. The minimum atomic E-state index is -0.582. The van der Waals surface area contributed by atoms with E-state index in [0.29, 0.717) is 5.69 Å². The summed E-state index contributed by atoms with van der Waals surface area (Å²) in [5, 5.41) is 2.85. The summed E-state index contributed by atoms with van der Waals surface area (Å²) in [6, 6.07) is 4.43. The normalized spacial score (nSPS) is 29.0. The summed E-state index contributed by atoms with van der Waals surface area (Å²) < 4.78 is 9.51. The molecule has 4 saturated carbocycles. The van der Waals surface area contributed by atoms with Crippen LogP contribution in [0.5, 0.6) is 0 Å². The molecule has 5 rings (SSSR count). The Morgan fingerprint density at radius 1 is 0.933 bits per heavy atom. The summed E-state index contributed by atoms with van der Waals surface area (Å²) in [7, 11) is 4.59. The monoisotopic (exact) mass is 414 g/mol. The van der Waals surface area contributed by atoms with E-state index in [1.165, 1.54) is 70.9 Å². The van der Waals surface area contributed by atoms with Crippen LogP contribution in [-0.2, 0) is 14.3 Å². The van der Waals surface area contributed by atoms with E-state index in [1.54, 1.807) is 0 Å². The third-order valence-electron chi connectivity index (χ3n) is 7.26. The molecular weight excluding hydrogens is 384 g/mol. The van der Waals surface area contributed by atoms with Crippen molar-refractivity contribution >= 4 is 23.5 Å². The number of benzene rings is 1. The molecule has 0 atom stereocenters. The highest BCUT2D eigenvalue weighted by Gasteiger charge is 2.52. The zero-order valence-electron chi connectivity index (χ0n) is 17.9. The van der Waals surface area contributed by atoms with E-state index in [0.717, 1.165) is 17.8 Å². The van der Waals surface area contributed by atoms with Crippen molar-refractivity contribution in [3.05, 3.63) is 29.3 Å². The second-order valence-corrected chi connectivity index (χ2v) is 9.33. The summed E-state index contributed by atoms with van der Waals surface area (Å²) in [6.07, 6.45) is 7.63. The van der Waals surface area contributed by atoms with Crippen LogP contribution in [0, 0.1) is 17.8 Å². The first-order valence-electron chi connectivity index (χ1n) is 10.6. The van der Waals surface area contributed by atoms with E-state index in [9.17, 15) is 14.4 Å². The summed E-state index contributed by atoms with van der Waals surface area (Å²) in [5.74, 6) is 1.10. The first-order chi connectivity index (χ1) is 14.3. The van der Waals surface area contributed by atoms with Gasteiger partial charge in [0.2, 0.25) is 5.91 Å². The van der Waals surface area contributed by atoms with Gasteiger partial charge in [-0.1, -0.05) is 0 Å². The van der Waals surface area contributed by atoms with Gasteiger partial charge in [-0.3, -0.25) is 9.69 Å². The maximum atomic E-state index is 12.8. The van der Waals surface area contributed by atoms with Gasteiger partial charge in [-0.05, 0) is 81.5 Å². The van der Waals surface area contributed by atoms with Crippen LogP contribution in [0.4, 0.5) is 5.69 Å². The molecule has 0 aromatic heterocycles. The average molecular weight is 415 g/mol. The third-order valence-corrected chi connectivity index (χ3v) is 7.26. The number of hydrogen-bond donors (Lipinski definition) is 1. The smallest absolute Gasteiger partial charge is 0.337 e. The summed E-state index contributed by atoms with van der Waals surface area (Å²) >= 11 is 0. The summed E-state index contributed by atoms with van der Waals surface area (Å²) in [5.41, 5.74) is 0.884. The van der Waals surface area contributed by atoms with E-state index >= 15 is 0 Å². The van der Waals surface area contributed by atoms with Crippen LogP contribution >= 0.6 is 0 Å². The van der Waals surface area contributed by atoms with E-state index in [-0.39, 0.29) is 29.1 Å². The lowest BCUT2D eigenvalue weighted by Gasteiger charge is -2.59. The minimum Gasteiger partial charge on any atom is -0.465 e. The fourth-order valence-corrected chi connectivity index (χ4v) is 6.29. The van der Waals surface area contributed by atoms with Gasteiger partial charge in [-0.25, -0.2) is 9.59 Å². The highest BCUT2D eigenvalue weighted by Crippen LogP contribution is 2.57. The molecule has 7 heteroatoms. The summed E-state index contributed by atoms with van der Waals surface area (Å²) in [6.45, 7) is 0.280. The minimum absolute atomic E-state index is 0.136. The van der Waals surface area contributed by atoms with Gasteiger partial charge in [0, 0.05) is 11.2 Å². The predicted molar refractivity (Wildman–Crippen MR) is 111 cm³/mol. The number of likely N-dealkylation sites (N-methyl/N-ethyl adjacent to an activating group) is 1. The number of anilines is 1. The van der Waals surface area contributed by atoms with Crippen LogP contribution in [0.25, 0.3) is 0 Å². The van der Waals surface area contributed by atoms with E-state index in [2.05, 4.69) is 17.3 Å². The van der Waals surface area contributed by atoms with Gasteiger partial charge in [0.25, 0.3) is 0 Å². The molecule has 30 heavy (non-hydrogen) atoms. The van der Waals surface area contributed by atoms with Crippen LogP contribution in [0.3, 0.4) is 0 Å². The Hall–Kier alpha value is -2.41. The van der Waals surface area contributed by atoms with Gasteiger partial charge in [-0.15, -0.1) is 0 Å². The second kappa shape index (κ2) is 8.02. The van der Waals surface area contributed by atoms with Crippen molar-refractivity contribution in [2.75, 3.05) is 33.1 Å². The van der Waals surface area contributed by atoms with Gasteiger partial charge in [-0.2, -0.15) is 0 Å². The third kappa shape index (κ3) is 3.95. The van der Waals surface area contributed by atoms with Crippen molar-refractivity contribution in [3.8, 4) is 0 Å². The van der Waals surface area contributed by atoms with Gasteiger partial charge in [0.05, 0.1) is 31.9 Å². The first-order valence-corrected chi connectivity index (χ1v) is 10.6. The Morgan fingerprint density at radius 2 is 1.40 bits per heavy atom. The Morgan fingerprint density at radius 3 is 1.83 bits per heavy atom. The van der Waals surface area contributed by atoms with Crippen LogP contribution < -0.4 is 5.32 Å². The fraction of sp³-hybridized carbons (Fsp3) is 0.609. The number of esters is 2. The van der Waals surface area contributed by atoms with Gasteiger partial charge in [0.1, 0.15) is 0 Å². The molecule has 0 heterocycles. The van der Waals surface area contributed by atoms with Crippen molar-refractivity contribution < 1.29 is 23.9 Å². The number of rotatable bonds is 6. The highest BCUT2D eigenvalue weighted by atomic mass is 16.5. The topological polar surface area (TPSA) is 84.9 Å². The number of ether oxygens (including phenoxy) is 2. The number of amides is 1. The van der Waals surface area contributed by atoms with E-state index in [1.807, 2.05) is 0 Å². The van der Waals surface area contributed by atoms with Crippen LogP contribution in [-0.4, -0.2) is 56.1 Å². The van der Waals surface area contributed by atoms with Gasteiger partial charge < -0.3 is 14.8 Å². The Balaban J connectivity index is 1.47. The lowest BCUT2D eigenvalue weighted by molar-refractivity contribution is -0.123. The zero-order chi connectivity index (χ0) is 21.5. The fourth-order valence-electron chi connectivity index (χ4n) is 6.29. The molecule has 1 aromatic carbocycles. The molecule has 7 nitrogen and oxygen atoms in total. The molecule has 4 aliphatic carbocycles. The van der Waals surface area contributed by atoms with Gasteiger partial charge >= 0.3 is 11.9 Å². The Bertz CT molecular complexity index is 796. The highest BCUT2D eigenvalue weighted by molar-refractivity contribution is 5.99. The second-order valence-electron chi connectivity index (χ2n) is 9.33. The maximum absolute atomic E-state index is 12.8. The molecular formula is C23H30N2O5. The molecule has 0 aliphatic heterocycles. The summed E-state index contributed by atoms with van der Waals surface area (Å²) in [4.78, 5) is 39.0. The van der Waals surface area contributed by atoms with Crippen molar-refractivity contribution in [1.82, 2.24) is 4.90 Å². The number of carbonyl (C=O) groups is 3. The van der Waals surface area contributed by atoms with E-state index in [4.69, 9.17) is 9.47 Å². The maximum Gasteiger partial charge on any atom is 0.337 e. The number of nitrogens with zero attached hydrogens (tertiary/aromatic N) is 1. The van der Waals surface area contributed by atoms with Gasteiger partial charge in [0.15, 0.2) is 0 Å². The number of carbonyl (C=O) groups excluding carboxylic acids is 3. The molecule has 0 saturated heterocycles. The largest absolute Gasteiger partial charge is 0.465 e. The Labute approximate surface area is 177 Å². The standard InChI is InChI=1S/C23H30N2O5/c1-25(23-10-14-4-15(11-23)6-16(5-14)12-23)13-20(26)24-19-8-17(21(27)29-2)7-18(9-19)22(28)30-3/h7-9,14-16H,4-6,10-13H2,1-3H3,(H,24,26). The molecule has 4 fully saturated rings. The molecule has 1 aromatic rings. The molecule has 162 valence electrons. The SMILES string of the molecule is COC(=O)c1cc(NC(=O)CN(C)C23CC4CC(CC(C4)C2)C3)cc(C(=O)OC)c1. The quantitative estimate of drug-likeness (QED) is 0.720. The van der Waals surface area contributed by atoms with Crippen LogP contribution in [0.15, 0.2) is 18.2 Å². The Kier molecular flexibility index (Phi) is 5.57. The lowest BCUT2D eigenvalue weighted by atomic mass is 9.52. The van der Waals surface area contributed by atoms with Crippen molar-refractivity contribution in [2.24, 2.45) is 17.8 Å². The molecule has 0 radical (unpaired) electrons. The number of methoxy groups -OCH3 is 2. The molecule has 4 bridgehead atoms. The molecule has 4 aliphatic rings. The van der Waals surface area contributed by atoms with Crippen LogP contribution in [0.1, 0.15) is 59.2 Å². The van der Waals surface area contributed by atoms with Crippen molar-refractivity contribution in [1.29, 1.82) is 0 Å². The molecule has 1 amide bonds.